The predicted molar refractivity (Wildman–Crippen MR) is 121 cm³/mol. The fourth-order valence-corrected chi connectivity index (χ4v) is 7.53. The van der Waals surface area contributed by atoms with Crippen LogP contribution in [0.3, 0.4) is 0 Å². The van der Waals surface area contributed by atoms with Gasteiger partial charge in [0.25, 0.3) is 0 Å². The highest BCUT2D eigenvalue weighted by atomic mass is 16.6. The molecule has 2 saturated carbocycles. The standard InChI is InChI=1S/C26H33NO7/c1-11-9-25-12(2)7-17-19(24(17,5)6)16(21(25)30)8-15(10-28)20(29)26(25,32)22(11)33-23(31)18-13(3)27-34-14(18)4/h8-9,12,16-17,19-20,22,28-29,32H,7,10H2,1-6H3/t12?,16-,17+,19+,20+,22-,25?,26-/m0/s1. The number of allylic oxidation sites excluding steroid dienone is 1. The van der Waals surface area contributed by atoms with Crippen LogP contribution in [0.2, 0.25) is 0 Å². The SMILES string of the molecule is CC1=CC23C(=O)[C@@H](C=C(CO)[C@@H](O)[C@]2(O)[C@H]1OC(=O)c1c(C)noc1C)[C@@H]1[C@@H](CC3C)C1(C)C. The number of ketones is 1. The Morgan fingerprint density at radius 1 is 1.29 bits per heavy atom. The van der Waals surface area contributed by atoms with Crippen LogP contribution in [-0.2, 0) is 9.53 Å². The molecule has 0 aliphatic heterocycles. The Balaban J connectivity index is 1.65. The van der Waals surface area contributed by atoms with E-state index in [2.05, 4.69) is 19.0 Å². The van der Waals surface area contributed by atoms with E-state index in [9.17, 15) is 24.9 Å². The molecule has 2 bridgehead atoms. The van der Waals surface area contributed by atoms with Crippen molar-refractivity contribution in [3.8, 4) is 0 Å². The van der Waals surface area contributed by atoms with Crippen molar-refractivity contribution in [3.63, 3.8) is 0 Å². The van der Waals surface area contributed by atoms with Gasteiger partial charge in [0, 0.05) is 5.92 Å². The van der Waals surface area contributed by atoms with E-state index < -0.39 is 41.7 Å². The number of aryl methyl sites for hydroxylation is 2. The maximum Gasteiger partial charge on any atom is 0.344 e. The second kappa shape index (κ2) is 7.12. The van der Waals surface area contributed by atoms with Crippen LogP contribution in [0.25, 0.3) is 0 Å². The summed E-state index contributed by atoms with van der Waals surface area (Å²) in [7, 11) is 0. The van der Waals surface area contributed by atoms with Crippen LogP contribution in [0.4, 0.5) is 0 Å². The summed E-state index contributed by atoms with van der Waals surface area (Å²) in [5.41, 5.74) is -2.49. The molecule has 8 atom stereocenters. The average molecular weight is 472 g/mol. The number of aliphatic hydroxyl groups is 3. The molecule has 1 aromatic heterocycles. The van der Waals surface area contributed by atoms with E-state index in [1.165, 1.54) is 0 Å². The van der Waals surface area contributed by atoms with E-state index in [0.29, 0.717) is 17.7 Å². The third kappa shape index (κ3) is 2.62. The molecule has 4 aliphatic carbocycles. The maximum absolute atomic E-state index is 14.3. The van der Waals surface area contributed by atoms with Crippen molar-refractivity contribution < 1.29 is 34.2 Å². The van der Waals surface area contributed by atoms with Crippen LogP contribution in [0.15, 0.2) is 27.8 Å². The zero-order valence-corrected chi connectivity index (χ0v) is 20.5. The molecule has 8 heteroatoms. The van der Waals surface area contributed by atoms with Crippen LogP contribution in [0, 0.1) is 48.3 Å². The number of carbonyl (C=O) groups excluding carboxylic acids is 2. The highest BCUT2D eigenvalue weighted by Crippen LogP contribution is 2.71. The average Bonchev–Trinajstić information content (AvgIpc) is 3.05. The largest absolute Gasteiger partial charge is 0.451 e. The van der Waals surface area contributed by atoms with Gasteiger partial charge in [0.1, 0.15) is 17.4 Å². The summed E-state index contributed by atoms with van der Waals surface area (Å²) >= 11 is 0. The van der Waals surface area contributed by atoms with Crippen molar-refractivity contribution in [3.05, 3.63) is 40.3 Å². The lowest BCUT2D eigenvalue weighted by atomic mass is 9.59. The van der Waals surface area contributed by atoms with E-state index in [-0.39, 0.29) is 45.8 Å². The van der Waals surface area contributed by atoms with Crippen LogP contribution in [-0.4, -0.2) is 56.6 Å². The lowest BCUT2D eigenvalue weighted by Crippen LogP contribution is -2.65. The van der Waals surface area contributed by atoms with Gasteiger partial charge in [0.15, 0.2) is 17.5 Å². The first-order valence-corrected chi connectivity index (χ1v) is 11.9. The summed E-state index contributed by atoms with van der Waals surface area (Å²) in [6, 6.07) is 0. The van der Waals surface area contributed by atoms with E-state index in [1.54, 1.807) is 32.9 Å². The minimum absolute atomic E-state index is 0.0484. The first kappa shape index (κ1) is 23.5. The van der Waals surface area contributed by atoms with Crippen molar-refractivity contribution >= 4 is 11.8 Å². The number of esters is 1. The normalized spacial score (nSPS) is 42.1. The smallest absolute Gasteiger partial charge is 0.344 e. The van der Waals surface area contributed by atoms with Crippen LogP contribution in [0.5, 0.6) is 0 Å². The Morgan fingerprint density at radius 3 is 2.56 bits per heavy atom. The zero-order chi connectivity index (χ0) is 25.0. The molecule has 0 radical (unpaired) electrons. The van der Waals surface area contributed by atoms with E-state index in [1.807, 2.05) is 6.92 Å². The topological polar surface area (TPSA) is 130 Å². The number of fused-ring (bicyclic) bond motifs is 3. The fourth-order valence-electron chi connectivity index (χ4n) is 7.53. The van der Waals surface area contributed by atoms with Crippen LogP contribution < -0.4 is 0 Å². The van der Waals surface area contributed by atoms with Gasteiger partial charge in [-0.2, -0.15) is 0 Å². The highest BCUT2D eigenvalue weighted by molar-refractivity contribution is 5.96. The van der Waals surface area contributed by atoms with Crippen molar-refractivity contribution in [2.75, 3.05) is 6.61 Å². The number of hydrogen-bond acceptors (Lipinski definition) is 8. The predicted octanol–water partition coefficient (Wildman–Crippen LogP) is 2.28. The van der Waals surface area contributed by atoms with Gasteiger partial charge in [-0.1, -0.05) is 38.1 Å². The Kier molecular flexibility index (Phi) is 4.91. The number of carbonyl (C=O) groups is 2. The Bertz CT molecular complexity index is 1130. The number of nitrogens with zero attached hydrogens (tertiary/aromatic N) is 1. The number of rotatable bonds is 3. The molecule has 184 valence electrons. The molecule has 1 aromatic rings. The Labute approximate surface area is 198 Å². The zero-order valence-electron chi connectivity index (χ0n) is 20.5. The van der Waals surface area contributed by atoms with Crippen LogP contribution in [0.1, 0.15) is 55.9 Å². The van der Waals surface area contributed by atoms with Gasteiger partial charge < -0.3 is 24.6 Å². The number of aromatic nitrogens is 1. The molecule has 2 unspecified atom stereocenters. The summed E-state index contributed by atoms with van der Waals surface area (Å²) < 4.78 is 10.9. The fraction of sp³-hybridized carbons (Fsp3) is 0.654. The summed E-state index contributed by atoms with van der Waals surface area (Å²) in [4.78, 5) is 27.5. The van der Waals surface area contributed by atoms with E-state index in [0.717, 1.165) is 0 Å². The molecule has 34 heavy (non-hydrogen) atoms. The second-order valence-corrected chi connectivity index (χ2v) is 11.3. The van der Waals surface area contributed by atoms with Crippen LogP contribution >= 0.6 is 0 Å². The molecule has 4 aliphatic rings. The molecule has 0 aromatic carbocycles. The van der Waals surface area contributed by atoms with Crippen molar-refractivity contribution in [1.29, 1.82) is 0 Å². The minimum Gasteiger partial charge on any atom is -0.451 e. The minimum atomic E-state index is -2.16. The molecular formula is C26H33NO7. The van der Waals surface area contributed by atoms with Gasteiger partial charge in [-0.15, -0.1) is 0 Å². The number of aliphatic hydroxyl groups excluding tert-OH is 2. The van der Waals surface area contributed by atoms with E-state index >= 15 is 0 Å². The Hall–Kier alpha value is -2.29. The summed E-state index contributed by atoms with van der Waals surface area (Å²) in [5, 5.41) is 37.9. The second-order valence-electron chi connectivity index (χ2n) is 11.3. The lowest BCUT2D eigenvalue weighted by molar-refractivity contribution is -0.190. The van der Waals surface area contributed by atoms with Crippen molar-refractivity contribution in [2.45, 2.75) is 65.8 Å². The molecule has 5 rings (SSSR count). The molecule has 0 amide bonds. The quantitative estimate of drug-likeness (QED) is 0.452. The van der Waals surface area contributed by atoms with Gasteiger partial charge in [-0.25, -0.2) is 4.79 Å². The number of ether oxygens (including phenoxy) is 1. The highest BCUT2D eigenvalue weighted by Gasteiger charge is 2.76. The number of Topliss-reactive ketones (excluding diaryl/α,β-unsaturated/α-hetero) is 1. The summed E-state index contributed by atoms with van der Waals surface area (Å²) in [6.07, 6.45) is 1.19. The third-order valence-corrected chi connectivity index (χ3v) is 9.36. The monoisotopic (exact) mass is 471 g/mol. The molecule has 8 nitrogen and oxygen atoms in total. The van der Waals surface area contributed by atoms with Gasteiger partial charge in [0.05, 0.1) is 17.7 Å². The van der Waals surface area contributed by atoms with Gasteiger partial charge >= 0.3 is 5.97 Å². The number of hydrogen-bond donors (Lipinski definition) is 3. The first-order chi connectivity index (χ1) is 15.8. The summed E-state index contributed by atoms with van der Waals surface area (Å²) in [5.74, 6) is -1.17. The molecule has 3 N–H and O–H groups in total. The summed E-state index contributed by atoms with van der Waals surface area (Å²) in [6.45, 7) is 10.6. The van der Waals surface area contributed by atoms with Gasteiger partial charge in [-0.3, -0.25) is 4.79 Å². The molecule has 2 fully saturated rings. The van der Waals surface area contributed by atoms with E-state index in [4.69, 9.17) is 9.26 Å². The Morgan fingerprint density at radius 2 is 1.97 bits per heavy atom. The maximum atomic E-state index is 14.3. The van der Waals surface area contributed by atoms with Gasteiger partial charge in [-0.05, 0) is 61.5 Å². The van der Waals surface area contributed by atoms with Crippen molar-refractivity contribution in [1.82, 2.24) is 5.16 Å². The molecule has 0 saturated heterocycles. The van der Waals surface area contributed by atoms with Gasteiger partial charge in [0.2, 0.25) is 0 Å². The lowest BCUT2D eigenvalue weighted by Gasteiger charge is -2.48. The first-order valence-electron chi connectivity index (χ1n) is 11.9. The molecule has 1 spiro atoms. The molecular weight excluding hydrogens is 438 g/mol. The van der Waals surface area contributed by atoms with Crippen molar-refractivity contribution in [2.24, 2.45) is 34.5 Å². The molecule has 1 heterocycles. The third-order valence-electron chi connectivity index (χ3n) is 9.36.